The standard InChI is InChI=1S/C48H51N3O13/c1-48(2)63-40-42(64-48)45(50-24-23-36(52)49-47(50)56)62-43(40)46(55)61-38(54)25-37(53)57-30-35-39(58-27-32-17-9-4-10-18-32)41(59-28-33-19-11-5-12-20-33)44(60-29-34-21-13-6-14-22-34)51(35)26-31-15-7-3-8-16-31/h3-24,35,39-46,55H,25-30H2,1-2H3,(H,49,52,56)/t35-,39-,40+,41+,42-,43+,44+,45-,46?/m1/s1. The van der Waals surface area contributed by atoms with E-state index in [4.69, 9.17) is 37.9 Å². The van der Waals surface area contributed by atoms with Crippen molar-refractivity contribution in [2.24, 2.45) is 0 Å². The predicted octanol–water partition coefficient (Wildman–Crippen LogP) is 4.35. The molecule has 3 aliphatic rings. The van der Waals surface area contributed by atoms with Gasteiger partial charge < -0.3 is 43.0 Å². The third-order valence-electron chi connectivity index (χ3n) is 11.2. The lowest BCUT2D eigenvalue weighted by molar-refractivity contribution is -0.238. The van der Waals surface area contributed by atoms with Crippen molar-refractivity contribution in [1.82, 2.24) is 14.5 Å². The molecule has 3 aliphatic heterocycles. The normalized spacial score (nSPS) is 25.4. The summed E-state index contributed by atoms with van der Waals surface area (Å²) in [5, 5.41) is 11.2. The molecule has 1 aromatic heterocycles. The molecule has 4 heterocycles. The van der Waals surface area contributed by atoms with E-state index < -0.39 is 90.7 Å². The monoisotopic (exact) mass is 877 g/mol. The van der Waals surface area contributed by atoms with Crippen LogP contribution in [-0.2, 0) is 73.8 Å². The van der Waals surface area contributed by atoms with Crippen molar-refractivity contribution in [1.29, 1.82) is 0 Å². The van der Waals surface area contributed by atoms with Crippen LogP contribution in [0.25, 0.3) is 0 Å². The fraction of sp³-hybridized carbons (Fsp3) is 0.375. The van der Waals surface area contributed by atoms with Crippen molar-refractivity contribution in [2.45, 2.75) is 108 Å². The molecule has 0 radical (unpaired) electrons. The summed E-state index contributed by atoms with van der Waals surface area (Å²) in [6.07, 6.45) is -8.00. The van der Waals surface area contributed by atoms with Crippen LogP contribution < -0.4 is 11.2 Å². The molecule has 8 rings (SSSR count). The average Bonchev–Trinajstić information content (AvgIpc) is 3.89. The van der Waals surface area contributed by atoms with E-state index in [0.717, 1.165) is 32.9 Å². The molecule has 16 nitrogen and oxygen atoms in total. The Morgan fingerprint density at radius 2 is 1.23 bits per heavy atom. The summed E-state index contributed by atoms with van der Waals surface area (Å²) >= 11 is 0. The molecule has 1 unspecified atom stereocenters. The number of hydrogen-bond acceptors (Lipinski definition) is 14. The summed E-state index contributed by atoms with van der Waals surface area (Å²) in [6, 6.07) is 39.6. The first-order valence-electron chi connectivity index (χ1n) is 21.1. The van der Waals surface area contributed by atoms with Gasteiger partial charge in [0.2, 0.25) is 6.29 Å². The van der Waals surface area contributed by atoms with Crippen LogP contribution in [-0.4, -0.2) is 93.0 Å². The summed E-state index contributed by atoms with van der Waals surface area (Å²) in [7, 11) is 0. The van der Waals surface area contributed by atoms with E-state index in [0.29, 0.717) is 6.54 Å². The Bertz CT molecular complexity index is 2420. The quantitative estimate of drug-likeness (QED) is 0.0719. The molecule has 4 aromatic carbocycles. The molecular formula is C48H51N3O13. The van der Waals surface area contributed by atoms with Crippen molar-refractivity contribution in [3.8, 4) is 0 Å². The van der Waals surface area contributed by atoms with Gasteiger partial charge in [-0.2, -0.15) is 0 Å². The van der Waals surface area contributed by atoms with Gasteiger partial charge in [-0.15, -0.1) is 0 Å². The van der Waals surface area contributed by atoms with Gasteiger partial charge in [-0.25, -0.2) is 4.79 Å². The third-order valence-corrected chi connectivity index (χ3v) is 11.2. The largest absolute Gasteiger partial charge is 0.463 e. The number of aliphatic hydroxyl groups is 1. The van der Waals surface area contributed by atoms with Gasteiger partial charge in [0.1, 0.15) is 43.7 Å². The van der Waals surface area contributed by atoms with E-state index in [9.17, 15) is 24.3 Å². The Morgan fingerprint density at radius 3 is 1.81 bits per heavy atom. The molecule has 16 heteroatoms. The van der Waals surface area contributed by atoms with E-state index in [-0.39, 0.29) is 26.4 Å². The van der Waals surface area contributed by atoms with E-state index in [2.05, 4.69) is 9.88 Å². The number of fused-ring (bicyclic) bond motifs is 1. The first kappa shape index (κ1) is 44.8. The lowest BCUT2D eigenvalue weighted by Gasteiger charge is -2.31. The van der Waals surface area contributed by atoms with Crippen molar-refractivity contribution in [3.05, 3.63) is 177 Å². The number of benzene rings is 4. The van der Waals surface area contributed by atoms with Gasteiger partial charge in [0.15, 0.2) is 18.1 Å². The molecule has 3 saturated heterocycles. The highest BCUT2D eigenvalue weighted by molar-refractivity contribution is 5.91. The highest BCUT2D eigenvalue weighted by atomic mass is 16.8. The maximum absolute atomic E-state index is 13.5. The van der Waals surface area contributed by atoms with Crippen molar-refractivity contribution >= 4 is 11.9 Å². The SMILES string of the molecule is CC1(C)O[C@@H]2[C@H](O1)[C@@H](C(O)OC(=O)CC(=O)OC[C@@H]1[C@@H](OCc3ccccc3)[C@H](OCc3ccccc3)[C@H](OCc3ccccc3)N1Cc1ccccc1)O[C@H]2n1ccc(=O)[nH]c1=O. The molecule has 0 saturated carbocycles. The van der Waals surface area contributed by atoms with Crippen molar-refractivity contribution in [3.63, 3.8) is 0 Å². The molecule has 0 aliphatic carbocycles. The van der Waals surface area contributed by atoms with Gasteiger partial charge in [-0.3, -0.25) is 28.8 Å². The number of likely N-dealkylation sites (tertiary alicyclic amines) is 1. The Balaban J connectivity index is 1.00. The topological polar surface area (TPSA) is 186 Å². The Labute approximate surface area is 369 Å². The maximum Gasteiger partial charge on any atom is 0.330 e. The predicted molar refractivity (Wildman–Crippen MR) is 228 cm³/mol. The fourth-order valence-electron chi connectivity index (χ4n) is 8.28. The van der Waals surface area contributed by atoms with Gasteiger partial charge in [0.05, 0.1) is 25.9 Å². The van der Waals surface area contributed by atoms with Crippen LogP contribution in [0.5, 0.6) is 0 Å². The second kappa shape index (κ2) is 20.3. The number of nitrogens with one attached hydrogen (secondary N) is 1. The number of aromatic amines is 1. The molecule has 0 amide bonds. The number of nitrogens with zero attached hydrogens (tertiary/aromatic N) is 2. The molecule has 0 spiro atoms. The average molecular weight is 878 g/mol. The number of carbonyl (C=O) groups excluding carboxylic acids is 2. The molecule has 336 valence electrons. The van der Waals surface area contributed by atoms with E-state index in [1.807, 2.05) is 121 Å². The minimum atomic E-state index is -1.94. The van der Waals surface area contributed by atoms with Gasteiger partial charge >= 0.3 is 17.6 Å². The van der Waals surface area contributed by atoms with E-state index in [1.54, 1.807) is 13.8 Å². The first-order valence-corrected chi connectivity index (χ1v) is 21.1. The maximum atomic E-state index is 13.5. The zero-order valence-corrected chi connectivity index (χ0v) is 35.4. The molecule has 9 atom stereocenters. The van der Waals surface area contributed by atoms with Crippen LogP contribution in [0.2, 0.25) is 0 Å². The smallest absolute Gasteiger partial charge is 0.330 e. The van der Waals surface area contributed by atoms with Crippen molar-refractivity contribution in [2.75, 3.05) is 6.61 Å². The molecule has 0 bridgehead atoms. The van der Waals surface area contributed by atoms with Gasteiger partial charge in [0, 0.05) is 18.8 Å². The molecule has 2 N–H and O–H groups in total. The van der Waals surface area contributed by atoms with E-state index >= 15 is 0 Å². The number of aliphatic hydroxyl groups excluding tert-OH is 1. The number of ether oxygens (including phenoxy) is 8. The second-order valence-corrected chi connectivity index (χ2v) is 16.2. The highest BCUT2D eigenvalue weighted by Crippen LogP contribution is 2.44. The first-order chi connectivity index (χ1) is 31.0. The molecule has 64 heavy (non-hydrogen) atoms. The summed E-state index contributed by atoms with van der Waals surface area (Å²) < 4.78 is 50.4. The van der Waals surface area contributed by atoms with Gasteiger partial charge in [-0.1, -0.05) is 121 Å². The lowest BCUT2D eigenvalue weighted by Crippen LogP contribution is -2.43. The Kier molecular flexibility index (Phi) is 14.2. The second-order valence-electron chi connectivity index (χ2n) is 16.2. The number of hydrogen-bond donors (Lipinski definition) is 2. The van der Waals surface area contributed by atoms with Crippen molar-refractivity contribution < 1.29 is 52.6 Å². The third kappa shape index (κ3) is 10.9. The number of H-pyrrole nitrogens is 1. The number of carbonyl (C=O) groups is 2. The van der Waals surface area contributed by atoms with Crippen LogP contribution in [0.3, 0.4) is 0 Å². The van der Waals surface area contributed by atoms with Crippen LogP contribution in [0.1, 0.15) is 48.8 Å². The summed E-state index contributed by atoms with van der Waals surface area (Å²) in [6.45, 7) is 4.18. The Morgan fingerprint density at radius 1 is 0.703 bits per heavy atom. The minimum absolute atomic E-state index is 0.220. The zero-order valence-electron chi connectivity index (χ0n) is 35.4. The highest BCUT2D eigenvalue weighted by Gasteiger charge is 2.59. The van der Waals surface area contributed by atoms with Gasteiger partial charge in [-0.05, 0) is 36.1 Å². The van der Waals surface area contributed by atoms with Crippen LogP contribution in [0.4, 0.5) is 0 Å². The Hall–Kier alpha value is -5.82. The summed E-state index contributed by atoms with van der Waals surface area (Å²) in [5.74, 6) is -3.17. The number of rotatable bonds is 18. The van der Waals surface area contributed by atoms with Crippen LogP contribution in [0.15, 0.2) is 143 Å². The van der Waals surface area contributed by atoms with Gasteiger partial charge in [0.25, 0.3) is 5.56 Å². The van der Waals surface area contributed by atoms with E-state index in [1.165, 1.54) is 6.20 Å². The molecule has 5 aromatic rings. The number of esters is 2. The van der Waals surface area contributed by atoms with Crippen LogP contribution >= 0.6 is 0 Å². The summed E-state index contributed by atoms with van der Waals surface area (Å²) in [5.41, 5.74) is 2.41. The molecule has 3 fully saturated rings. The fourth-order valence-corrected chi connectivity index (χ4v) is 8.28. The lowest BCUT2D eigenvalue weighted by atomic mass is 10.1. The minimum Gasteiger partial charge on any atom is -0.463 e. The molecular weight excluding hydrogens is 827 g/mol. The zero-order chi connectivity index (χ0) is 44.6. The number of aromatic nitrogens is 2. The van der Waals surface area contributed by atoms with Crippen LogP contribution in [0, 0.1) is 0 Å². The summed E-state index contributed by atoms with van der Waals surface area (Å²) in [4.78, 5) is 55.5.